The van der Waals surface area contributed by atoms with Gasteiger partial charge in [-0.25, -0.2) is 17.7 Å². The quantitative estimate of drug-likeness (QED) is 0.778. The monoisotopic (exact) mass is 318 g/mol. The van der Waals surface area contributed by atoms with Gasteiger partial charge in [-0.15, -0.1) is 0 Å². The Morgan fingerprint density at radius 3 is 2.45 bits per heavy atom. The van der Waals surface area contributed by atoms with Gasteiger partial charge < -0.3 is 0 Å². The van der Waals surface area contributed by atoms with Crippen LogP contribution in [0, 0.1) is 0 Å². The average molecular weight is 318 g/mol. The molecule has 3 rings (SSSR count). The van der Waals surface area contributed by atoms with Crippen molar-refractivity contribution in [1.29, 1.82) is 0 Å². The fraction of sp³-hybridized carbons (Fsp3) is 0.143. The first-order valence-corrected chi connectivity index (χ1v) is 7.93. The second kappa shape index (κ2) is 5.08. The van der Waals surface area contributed by atoms with E-state index >= 15 is 0 Å². The number of aromatic nitrogens is 3. The van der Waals surface area contributed by atoms with Crippen molar-refractivity contribution < 1.29 is 8.42 Å². The molecule has 0 fully saturated rings. The first-order chi connectivity index (χ1) is 10.4. The maximum Gasteiger partial charge on any atom is 0.252 e. The third-order valence-corrected chi connectivity index (χ3v) is 5.11. The van der Waals surface area contributed by atoms with Gasteiger partial charge in [-0.3, -0.25) is 14.2 Å². The lowest BCUT2D eigenvalue weighted by atomic mass is 10.2. The minimum absolute atomic E-state index is 0.221. The zero-order valence-corrected chi connectivity index (χ0v) is 12.8. The zero-order chi connectivity index (χ0) is 15.9. The van der Waals surface area contributed by atoms with Gasteiger partial charge in [-0.2, -0.15) is 0 Å². The third-order valence-electron chi connectivity index (χ3n) is 3.28. The van der Waals surface area contributed by atoms with Crippen LogP contribution in [0.15, 0.2) is 52.4 Å². The van der Waals surface area contributed by atoms with Crippen LogP contribution in [-0.4, -0.2) is 41.2 Å². The fourth-order valence-corrected chi connectivity index (χ4v) is 2.95. The molecule has 0 spiro atoms. The van der Waals surface area contributed by atoms with E-state index in [1.807, 2.05) is 0 Å². The summed E-state index contributed by atoms with van der Waals surface area (Å²) in [6, 6.07) is 7.87. The Hall–Kier alpha value is -2.45. The van der Waals surface area contributed by atoms with Gasteiger partial charge in [0.1, 0.15) is 0 Å². The normalized spacial score (nSPS) is 12.1. The molecule has 0 saturated heterocycles. The van der Waals surface area contributed by atoms with Gasteiger partial charge in [-0.05, 0) is 12.1 Å². The van der Waals surface area contributed by atoms with Gasteiger partial charge in [-0.1, -0.05) is 12.1 Å². The van der Waals surface area contributed by atoms with Crippen molar-refractivity contribution >= 4 is 15.8 Å². The Bertz CT molecular complexity index is 985. The Morgan fingerprint density at radius 2 is 1.82 bits per heavy atom. The highest BCUT2D eigenvalue weighted by Crippen LogP contribution is 2.21. The van der Waals surface area contributed by atoms with Crippen molar-refractivity contribution in [2.75, 3.05) is 14.1 Å². The predicted molar refractivity (Wildman–Crippen MR) is 82.1 cm³/mol. The van der Waals surface area contributed by atoms with E-state index in [0.29, 0.717) is 11.5 Å². The molecule has 0 bridgehead atoms. The highest BCUT2D eigenvalue weighted by molar-refractivity contribution is 7.89. The van der Waals surface area contributed by atoms with Crippen LogP contribution in [0.2, 0.25) is 0 Å². The molecule has 0 aliphatic rings. The van der Waals surface area contributed by atoms with Crippen molar-refractivity contribution in [3.63, 3.8) is 0 Å². The van der Waals surface area contributed by atoms with Crippen LogP contribution < -0.4 is 5.56 Å². The predicted octanol–water partition coefficient (Wildman–Crippen LogP) is 0.940. The highest BCUT2D eigenvalue weighted by Gasteiger charge is 2.17. The number of nitrogens with zero attached hydrogens (tertiary/aromatic N) is 3. The first-order valence-electron chi connectivity index (χ1n) is 6.49. The number of sulfonamides is 1. The molecule has 0 amide bonds. The van der Waals surface area contributed by atoms with Crippen molar-refractivity contribution in [3.05, 3.63) is 53.1 Å². The standard InChI is InChI=1S/C14H14N4O3S/c1-17(2)22(20,21)11-5-3-10(4-6-11)12-9-18-8-7-13(19)16-14(18)15-12/h3-9H,1-2H3,(H,15,16,19). The van der Waals surface area contributed by atoms with E-state index < -0.39 is 10.0 Å². The van der Waals surface area contributed by atoms with E-state index in [1.54, 1.807) is 28.9 Å². The van der Waals surface area contributed by atoms with Crippen LogP contribution in [-0.2, 0) is 10.0 Å². The molecular weight excluding hydrogens is 304 g/mol. The number of aromatic amines is 1. The van der Waals surface area contributed by atoms with Crippen LogP contribution in [0.4, 0.5) is 0 Å². The summed E-state index contributed by atoms with van der Waals surface area (Å²) >= 11 is 0. The number of hydrogen-bond acceptors (Lipinski definition) is 4. The summed E-state index contributed by atoms with van der Waals surface area (Å²) in [6.07, 6.45) is 3.39. The Labute approximate surface area is 126 Å². The minimum Gasteiger partial charge on any atom is -0.292 e. The van der Waals surface area contributed by atoms with E-state index in [1.165, 1.54) is 32.3 Å². The molecular formula is C14H14N4O3S. The van der Waals surface area contributed by atoms with Crippen molar-refractivity contribution in [1.82, 2.24) is 18.7 Å². The molecule has 0 saturated carbocycles. The van der Waals surface area contributed by atoms with E-state index in [2.05, 4.69) is 9.97 Å². The number of H-pyrrole nitrogens is 1. The molecule has 8 heteroatoms. The van der Waals surface area contributed by atoms with Crippen molar-refractivity contribution in [2.45, 2.75) is 4.90 Å². The van der Waals surface area contributed by atoms with E-state index in [-0.39, 0.29) is 10.5 Å². The Morgan fingerprint density at radius 1 is 1.14 bits per heavy atom. The molecule has 1 N–H and O–H groups in total. The molecule has 114 valence electrons. The minimum atomic E-state index is -3.45. The zero-order valence-electron chi connectivity index (χ0n) is 12.0. The number of fused-ring (bicyclic) bond motifs is 1. The van der Waals surface area contributed by atoms with Crippen molar-refractivity contribution in [3.8, 4) is 11.3 Å². The second-order valence-electron chi connectivity index (χ2n) is 4.97. The molecule has 0 atom stereocenters. The summed E-state index contributed by atoms with van der Waals surface area (Å²) in [4.78, 5) is 18.4. The SMILES string of the molecule is CN(C)S(=O)(=O)c1ccc(-c2cn3ccc(=O)[nH]c3n2)cc1. The molecule has 0 unspecified atom stereocenters. The first kappa shape index (κ1) is 14.5. The molecule has 22 heavy (non-hydrogen) atoms. The van der Waals surface area contributed by atoms with E-state index in [9.17, 15) is 13.2 Å². The summed E-state index contributed by atoms with van der Waals surface area (Å²) in [5, 5.41) is 0. The van der Waals surface area contributed by atoms with Crippen LogP contribution in [0.1, 0.15) is 0 Å². The third kappa shape index (κ3) is 2.42. The maximum atomic E-state index is 12.0. The van der Waals surface area contributed by atoms with Gasteiger partial charge >= 0.3 is 0 Å². The largest absolute Gasteiger partial charge is 0.292 e. The van der Waals surface area contributed by atoms with Gasteiger partial charge in [0.15, 0.2) is 0 Å². The summed E-state index contributed by atoms with van der Waals surface area (Å²) in [7, 11) is -0.470. The van der Waals surface area contributed by atoms with Crippen molar-refractivity contribution in [2.24, 2.45) is 0 Å². The number of hydrogen-bond donors (Lipinski definition) is 1. The van der Waals surface area contributed by atoms with Gasteiger partial charge in [0.25, 0.3) is 5.56 Å². The molecule has 0 aliphatic carbocycles. The number of benzene rings is 1. The average Bonchev–Trinajstić information content (AvgIpc) is 2.90. The van der Waals surface area contributed by atoms with Crippen LogP contribution >= 0.6 is 0 Å². The number of rotatable bonds is 3. The summed E-state index contributed by atoms with van der Waals surface area (Å²) in [5.74, 6) is 0.437. The molecule has 0 aliphatic heterocycles. The molecule has 7 nitrogen and oxygen atoms in total. The molecule has 2 heterocycles. The topological polar surface area (TPSA) is 87.5 Å². The van der Waals surface area contributed by atoms with Crippen LogP contribution in [0.5, 0.6) is 0 Å². The fourth-order valence-electron chi connectivity index (χ4n) is 2.05. The van der Waals surface area contributed by atoms with Crippen LogP contribution in [0.25, 0.3) is 17.0 Å². The van der Waals surface area contributed by atoms with Gasteiger partial charge in [0.2, 0.25) is 15.8 Å². The lowest BCUT2D eigenvalue weighted by Crippen LogP contribution is -2.22. The smallest absolute Gasteiger partial charge is 0.252 e. The highest BCUT2D eigenvalue weighted by atomic mass is 32.2. The van der Waals surface area contributed by atoms with E-state index in [4.69, 9.17) is 0 Å². The summed E-state index contributed by atoms with van der Waals surface area (Å²) in [5.41, 5.74) is 1.19. The maximum absolute atomic E-state index is 12.0. The van der Waals surface area contributed by atoms with Crippen LogP contribution in [0.3, 0.4) is 0 Å². The van der Waals surface area contributed by atoms with Gasteiger partial charge in [0, 0.05) is 38.1 Å². The Kier molecular flexibility index (Phi) is 3.34. The summed E-state index contributed by atoms with van der Waals surface area (Å²) in [6.45, 7) is 0. The molecule has 1 aromatic carbocycles. The number of nitrogens with one attached hydrogen (secondary N) is 1. The summed E-state index contributed by atoms with van der Waals surface area (Å²) < 4.78 is 26.9. The molecule has 0 radical (unpaired) electrons. The number of imidazole rings is 1. The molecule has 2 aromatic heterocycles. The second-order valence-corrected chi connectivity index (χ2v) is 7.13. The van der Waals surface area contributed by atoms with Gasteiger partial charge in [0.05, 0.1) is 10.6 Å². The van der Waals surface area contributed by atoms with E-state index in [0.717, 1.165) is 9.87 Å². The lowest BCUT2D eigenvalue weighted by Gasteiger charge is -2.11. The molecule has 3 aromatic rings. The lowest BCUT2D eigenvalue weighted by molar-refractivity contribution is 0.521. The Balaban J connectivity index is 2.03.